The Bertz CT molecular complexity index is 554. The van der Waals surface area contributed by atoms with Crippen LogP contribution in [-0.4, -0.2) is 16.0 Å². The number of hydrogen-bond acceptors (Lipinski definition) is 3. The maximum Gasteiger partial charge on any atom is 0.310 e. The van der Waals surface area contributed by atoms with Crippen molar-refractivity contribution in [3.8, 4) is 0 Å². The fourth-order valence-electron chi connectivity index (χ4n) is 3.10. The second kappa shape index (κ2) is 5.40. The lowest BCUT2D eigenvalue weighted by molar-refractivity contribution is -0.384. The van der Waals surface area contributed by atoms with Gasteiger partial charge in [0.2, 0.25) is 0 Å². The third-order valence-corrected chi connectivity index (χ3v) is 4.64. The second-order valence-corrected chi connectivity index (χ2v) is 5.65. The minimum atomic E-state index is -0.812. The highest BCUT2D eigenvalue weighted by Gasteiger charge is 2.50. The molecular weight excluding hydrogens is 282 g/mol. The smallest absolute Gasteiger partial charge is 0.310 e. The molecule has 0 amide bonds. The van der Waals surface area contributed by atoms with Crippen LogP contribution in [0.1, 0.15) is 44.1 Å². The number of nitro benzene ring substituents is 1. The van der Waals surface area contributed by atoms with E-state index < -0.39 is 16.3 Å². The zero-order valence-electron chi connectivity index (χ0n) is 11.1. The van der Waals surface area contributed by atoms with Crippen LogP contribution in [0.3, 0.4) is 0 Å². The maximum atomic E-state index is 11.6. The van der Waals surface area contributed by atoms with Crippen molar-refractivity contribution in [2.24, 2.45) is 5.41 Å². The number of carboxylic acid groups (broad SMARTS) is 1. The van der Waals surface area contributed by atoms with E-state index in [4.69, 9.17) is 11.6 Å². The highest BCUT2D eigenvalue weighted by molar-refractivity contribution is 6.32. The second-order valence-electron chi connectivity index (χ2n) is 5.24. The fourth-order valence-corrected chi connectivity index (χ4v) is 3.29. The summed E-state index contributed by atoms with van der Waals surface area (Å²) in [7, 11) is 0. The Morgan fingerprint density at radius 3 is 2.60 bits per heavy atom. The van der Waals surface area contributed by atoms with Crippen LogP contribution in [0.4, 0.5) is 5.69 Å². The molecule has 2 rings (SSSR count). The number of nitro groups is 1. The first-order valence-corrected chi connectivity index (χ1v) is 6.97. The SMILES string of the molecule is CCC(c1ccc(Cl)c([N+](=O)[O-])c1)C1(C(=O)O)CCC1. The predicted molar refractivity (Wildman–Crippen MR) is 75.1 cm³/mol. The third kappa shape index (κ3) is 2.26. The summed E-state index contributed by atoms with van der Waals surface area (Å²) in [5, 5.41) is 20.6. The summed E-state index contributed by atoms with van der Waals surface area (Å²) in [4.78, 5) is 22.0. The van der Waals surface area contributed by atoms with Crippen molar-refractivity contribution in [3.63, 3.8) is 0 Å². The van der Waals surface area contributed by atoms with Crippen molar-refractivity contribution < 1.29 is 14.8 Å². The minimum absolute atomic E-state index is 0.0755. The van der Waals surface area contributed by atoms with E-state index in [9.17, 15) is 20.0 Å². The van der Waals surface area contributed by atoms with Crippen molar-refractivity contribution in [2.75, 3.05) is 0 Å². The first kappa shape index (κ1) is 14.8. The Labute approximate surface area is 121 Å². The molecule has 5 nitrogen and oxygen atoms in total. The Kier molecular flexibility index (Phi) is 3.99. The Morgan fingerprint density at radius 2 is 2.20 bits per heavy atom. The van der Waals surface area contributed by atoms with E-state index in [1.165, 1.54) is 12.1 Å². The molecule has 0 spiro atoms. The average Bonchev–Trinajstić information content (AvgIpc) is 2.33. The zero-order valence-corrected chi connectivity index (χ0v) is 11.9. The maximum absolute atomic E-state index is 11.6. The number of hydrogen-bond donors (Lipinski definition) is 1. The quantitative estimate of drug-likeness (QED) is 0.658. The average molecular weight is 298 g/mol. The van der Waals surface area contributed by atoms with E-state index in [1.54, 1.807) is 6.07 Å². The zero-order chi connectivity index (χ0) is 14.9. The van der Waals surface area contributed by atoms with Gasteiger partial charge in [-0.15, -0.1) is 0 Å². The summed E-state index contributed by atoms with van der Waals surface area (Å²) >= 11 is 5.81. The van der Waals surface area contributed by atoms with Crippen LogP contribution in [0.15, 0.2) is 18.2 Å². The van der Waals surface area contributed by atoms with E-state index in [1.807, 2.05) is 6.92 Å². The van der Waals surface area contributed by atoms with Gasteiger partial charge in [0.05, 0.1) is 10.3 Å². The molecule has 1 unspecified atom stereocenters. The van der Waals surface area contributed by atoms with Crippen LogP contribution in [0.2, 0.25) is 5.02 Å². The molecule has 1 atom stereocenters. The molecule has 0 radical (unpaired) electrons. The first-order valence-electron chi connectivity index (χ1n) is 6.59. The number of benzene rings is 1. The van der Waals surface area contributed by atoms with Gasteiger partial charge in [0.15, 0.2) is 0 Å². The van der Waals surface area contributed by atoms with Crippen LogP contribution < -0.4 is 0 Å². The van der Waals surface area contributed by atoms with Gasteiger partial charge in [-0.1, -0.05) is 31.0 Å². The van der Waals surface area contributed by atoms with Crippen LogP contribution in [0, 0.1) is 15.5 Å². The molecule has 108 valence electrons. The lowest BCUT2D eigenvalue weighted by atomic mass is 9.58. The first-order chi connectivity index (χ1) is 9.42. The van der Waals surface area contributed by atoms with Crippen molar-refractivity contribution in [1.82, 2.24) is 0 Å². The Hall–Kier alpha value is -1.62. The van der Waals surface area contributed by atoms with Crippen molar-refractivity contribution in [3.05, 3.63) is 38.9 Å². The summed E-state index contributed by atoms with van der Waals surface area (Å²) < 4.78 is 0. The van der Waals surface area contributed by atoms with E-state index in [-0.39, 0.29) is 16.6 Å². The molecule has 1 aliphatic rings. The highest BCUT2D eigenvalue weighted by atomic mass is 35.5. The van der Waals surface area contributed by atoms with Crippen molar-refractivity contribution >= 4 is 23.3 Å². The molecule has 1 fully saturated rings. The summed E-state index contributed by atoms with van der Waals surface area (Å²) in [6.45, 7) is 1.91. The van der Waals surface area contributed by atoms with Gasteiger partial charge in [-0.05, 0) is 36.8 Å². The molecule has 0 saturated heterocycles. The van der Waals surface area contributed by atoms with E-state index in [2.05, 4.69) is 0 Å². The van der Waals surface area contributed by atoms with E-state index in [0.717, 1.165) is 6.42 Å². The van der Waals surface area contributed by atoms with E-state index >= 15 is 0 Å². The van der Waals surface area contributed by atoms with Gasteiger partial charge in [0, 0.05) is 6.07 Å². The number of carbonyl (C=O) groups is 1. The molecule has 6 heteroatoms. The molecule has 1 N–H and O–H groups in total. The minimum Gasteiger partial charge on any atom is -0.481 e. The molecule has 20 heavy (non-hydrogen) atoms. The van der Waals surface area contributed by atoms with Crippen LogP contribution in [0.5, 0.6) is 0 Å². The highest BCUT2D eigenvalue weighted by Crippen LogP contribution is 2.53. The van der Waals surface area contributed by atoms with Crippen LogP contribution in [0.25, 0.3) is 0 Å². The van der Waals surface area contributed by atoms with Crippen molar-refractivity contribution in [1.29, 1.82) is 0 Å². The monoisotopic (exact) mass is 297 g/mol. The molecule has 0 aromatic heterocycles. The van der Waals surface area contributed by atoms with Gasteiger partial charge in [-0.25, -0.2) is 0 Å². The molecular formula is C14H16ClNO4. The number of carboxylic acids is 1. The Morgan fingerprint density at radius 1 is 1.55 bits per heavy atom. The third-order valence-electron chi connectivity index (χ3n) is 4.32. The summed E-state index contributed by atoms with van der Waals surface area (Å²) in [6, 6.07) is 4.60. The summed E-state index contributed by atoms with van der Waals surface area (Å²) in [6.07, 6.45) is 2.76. The van der Waals surface area contributed by atoms with Crippen LogP contribution >= 0.6 is 11.6 Å². The topological polar surface area (TPSA) is 80.4 Å². The summed E-state index contributed by atoms with van der Waals surface area (Å²) in [5.74, 6) is -1.03. The summed E-state index contributed by atoms with van der Waals surface area (Å²) in [5.41, 5.74) is -0.260. The Balaban J connectivity index is 2.45. The van der Waals surface area contributed by atoms with Gasteiger partial charge < -0.3 is 5.11 Å². The van der Waals surface area contributed by atoms with Crippen LogP contribution in [-0.2, 0) is 4.79 Å². The molecule has 0 bridgehead atoms. The van der Waals surface area contributed by atoms with Gasteiger partial charge >= 0.3 is 5.97 Å². The van der Waals surface area contributed by atoms with E-state index in [0.29, 0.717) is 24.8 Å². The molecule has 0 aliphatic heterocycles. The van der Waals surface area contributed by atoms with Gasteiger partial charge in [-0.3, -0.25) is 14.9 Å². The number of nitrogens with zero attached hydrogens (tertiary/aromatic N) is 1. The normalized spacial score (nSPS) is 18.1. The standard InChI is InChI=1S/C14H16ClNO4/c1-2-10(14(13(17)18)6-3-7-14)9-4-5-11(15)12(8-9)16(19)20/h4-5,8,10H,2-3,6-7H2,1H3,(H,17,18). The molecule has 1 aromatic carbocycles. The van der Waals surface area contributed by atoms with Gasteiger partial charge in [-0.2, -0.15) is 0 Å². The largest absolute Gasteiger partial charge is 0.481 e. The predicted octanol–water partition coefficient (Wildman–Crippen LogP) is 4.00. The fraction of sp³-hybridized carbons (Fsp3) is 0.500. The van der Waals surface area contributed by atoms with Gasteiger partial charge in [0.1, 0.15) is 5.02 Å². The van der Waals surface area contributed by atoms with Gasteiger partial charge in [0.25, 0.3) is 5.69 Å². The molecule has 0 heterocycles. The molecule has 1 aromatic rings. The number of rotatable bonds is 5. The number of halogens is 1. The number of aliphatic carboxylic acids is 1. The lowest BCUT2D eigenvalue weighted by Gasteiger charge is -2.44. The molecule has 1 aliphatic carbocycles. The van der Waals surface area contributed by atoms with Crippen molar-refractivity contribution in [2.45, 2.75) is 38.5 Å². The lowest BCUT2D eigenvalue weighted by Crippen LogP contribution is -2.43. The molecule has 1 saturated carbocycles.